The van der Waals surface area contributed by atoms with Gasteiger partial charge in [-0.05, 0) is 40.2 Å². The zero-order chi connectivity index (χ0) is 14.9. The van der Waals surface area contributed by atoms with E-state index in [1.807, 2.05) is 0 Å². The van der Waals surface area contributed by atoms with E-state index in [-0.39, 0.29) is 21.6 Å². The standard InChI is InChI=1S/C13H8BrCl2FN2O/c14-11-7(13(18)19)2-4-10(12(11)17)20-6-1-3-8(15)9(16)5-6/h1-5H,(H3,18,19). The fourth-order valence-electron chi connectivity index (χ4n) is 1.49. The lowest BCUT2D eigenvalue weighted by atomic mass is 10.2. The van der Waals surface area contributed by atoms with Crippen LogP contribution in [0.3, 0.4) is 0 Å². The first-order valence-corrected chi connectivity index (χ1v) is 6.90. The molecule has 0 atom stereocenters. The second kappa shape index (κ2) is 5.99. The summed E-state index contributed by atoms with van der Waals surface area (Å²) in [6.07, 6.45) is 0. The van der Waals surface area contributed by atoms with Gasteiger partial charge < -0.3 is 10.5 Å². The molecular formula is C13H8BrCl2FN2O. The summed E-state index contributed by atoms with van der Waals surface area (Å²) < 4.78 is 19.6. The van der Waals surface area contributed by atoms with E-state index in [0.29, 0.717) is 15.8 Å². The summed E-state index contributed by atoms with van der Waals surface area (Å²) in [5.74, 6) is -0.554. The zero-order valence-corrected chi connectivity index (χ0v) is 13.0. The van der Waals surface area contributed by atoms with Crippen molar-refractivity contribution < 1.29 is 9.13 Å². The maximum Gasteiger partial charge on any atom is 0.180 e. The summed E-state index contributed by atoms with van der Waals surface area (Å²) in [5, 5.41) is 8.02. The first kappa shape index (κ1) is 15.1. The first-order valence-electron chi connectivity index (χ1n) is 5.35. The van der Waals surface area contributed by atoms with Crippen molar-refractivity contribution in [1.82, 2.24) is 0 Å². The second-order valence-electron chi connectivity index (χ2n) is 3.83. The number of nitrogens with one attached hydrogen (secondary N) is 1. The van der Waals surface area contributed by atoms with Gasteiger partial charge in [-0.3, -0.25) is 5.41 Å². The van der Waals surface area contributed by atoms with Gasteiger partial charge >= 0.3 is 0 Å². The molecule has 0 aliphatic carbocycles. The lowest BCUT2D eigenvalue weighted by molar-refractivity contribution is 0.440. The molecule has 2 aromatic carbocycles. The average molecular weight is 378 g/mol. The van der Waals surface area contributed by atoms with Crippen molar-refractivity contribution in [3.8, 4) is 11.5 Å². The molecule has 0 unspecified atom stereocenters. The molecule has 2 aromatic rings. The van der Waals surface area contributed by atoms with E-state index in [1.165, 1.54) is 18.2 Å². The summed E-state index contributed by atoms with van der Waals surface area (Å²) in [6.45, 7) is 0. The first-order chi connectivity index (χ1) is 9.40. The molecule has 0 amide bonds. The van der Waals surface area contributed by atoms with Crippen LogP contribution in [0, 0.1) is 11.2 Å². The van der Waals surface area contributed by atoms with Gasteiger partial charge in [-0.1, -0.05) is 23.2 Å². The number of benzene rings is 2. The number of ether oxygens (including phenoxy) is 1. The molecule has 0 radical (unpaired) electrons. The Morgan fingerprint density at radius 2 is 1.90 bits per heavy atom. The Morgan fingerprint density at radius 1 is 1.20 bits per heavy atom. The Morgan fingerprint density at radius 3 is 2.50 bits per heavy atom. The minimum Gasteiger partial charge on any atom is -0.454 e. The van der Waals surface area contributed by atoms with E-state index in [9.17, 15) is 4.39 Å². The normalized spacial score (nSPS) is 10.4. The SMILES string of the molecule is N=C(N)c1ccc(Oc2ccc(Cl)c(Cl)c2)c(F)c1Br. The fraction of sp³-hybridized carbons (Fsp3) is 0. The molecule has 0 spiro atoms. The zero-order valence-electron chi connectivity index (χ0n) is 9.88. The molecule has 0 fully saturated rings. The molecule has 104 valence electrons. The van der Waals surface area contributed by atoms with Crippen LogP contribution in [0.4, 0.5) is 4.39 Å². The van der Waals surface area contributed by atoms with Crippen molar-refractivity contribution in [2.45, 2.75) is 0 Å². The van der Waals surface area contributed by atoms with Crippen LogP contribution in [0.5, 0.6) is 11.5 Å². The van der Waals surface area contributed by atoms with E-state index in [2.05, 4.69) is 15.9 Å². The quantitative estimate of drug-likeness (QED) is 0.585. The van der Waals surface area contributed by atoms with Gasteiger partial charge in [-0.2, -0.15) is 0 Å². The summed E-state index contributed by atoms with van der Waals surface area (Å²) >= 11 is 14.7. The van der Waals surface area contributed by atoms with E-state index in [1.54, 1.807) is 12.1 Å². The van der Waals surface area contributed by atoms with E-state index in [0.717, 1.165) is 0 Å². The van der Waals surface area contributed by atoms with Crippen molar-refractivity contribution in [3.63, 3.8) is 0 Å². The number of hydrogen-bond acceptors (Lipinski definition) is 2. The molecule has 0 aliphatic rings. The number of rotatable bonds is 3. The molecule has 2 rings (SSSR count). The summed E-state index contributed by atoms with van der Waals surface area (Å²) in [6, 6.07) is 7.48. The van der Waals surface area contributed by atoms with Gasteiger partial charge in [0, 0.05) is 11.6 Å². The van der Waals surface area contributed by atoms with Gasteiger partial charge in [-0.15, -0.1) is 0 Å². The van der Waals surface area contributed by atoms with Gasteiger partial charge in [0.05, 0.1) is 14.5 Å². The lowest BCUT2D eigenvalue weighted by Gasteiger charge is -2.10. The number of hydrogen-bond donors (Lipinski definition) is 2. The summed E-state index contributed by atoms with van der Waals surface area (Å²) in [5.41, 5.74) is 5.59. The van der Waals surface area contributed by atoms with E-state index in [4.69, 9.17) is 39.1 Å². The average Bonchev–Trinajstić information content (AvgIpc) is 2.39. The third-order valence-electron chi connectivity index (χ3n) is 2.46. The number of nitrogens with two attached hydrogens (primary N) is 1. The molecule has 3 nitrogen and oxygen atoms in total. The summed E-state index contributed by atoms with van der Waals surface area (Å²) in [7, 11) is 0. The van der Waals surface area contributed by atoms with Gasteiger partial charge in [-0.25, -0.2) is 4.39 Å². The van der Waals surface area contributed by atoms with Gasteiger partial charge in [0.15, 0.2) is 11.6 Å². The minimum absolute atomic E-state index is 0.0136. The highest BCUT2D eigenvalue weighted by atomic mass is 79.9. The van der Waals surface area contributed by atoms with Crippen LogP contribution in [-0.2, 0) is 0 Å². The third kappa shape index (κ3) is 3.06. The highest BCUT2D eigenvalue weighted by Gasteiger charge is 2.15. The van der Waals surface area contributed by atoms with Crippen LogP contribution in [0.25, 0.3) is 0 Å². The van der Waals surface area contributed by atoms with Crippen molar-refractivity contribution in [2.75, 3.05) is 0 Å². The number of nitrogen functional groups attached to an aromatic ring is 1. The maximum atomic E-state index is 14.1. The van der Waals surface area contributed by atoms with Crippen LogP contribution >= 0.6 is 39.1 Å². The Bertz CT molecular complexity index is 694. The molecule has 0 aromatic heterocycles. The van der Waals surface area contributed by atoms with Crippen LogP contribution in [0.15, 0.2) is 34.8 Å². The van der Waals surface area contributed by atoms with Crippen LogP contribution in [-0.4, -0.2) is 5.84 Å². The number of halogens is 4. The lowest BCUT2D eigenvalue weighted by Crippen LogP contribution is -2.12. The Hall–Kier alpha value is -1.30. The highest BCUT2D eigenvalue weighted by molar-refractivity contribution is 9.10. The summed E-state index contributed by atoms with van der Waals surface area (Å²) in [4.78, 5) is 0. The van der Waals surface area contributed by atoms with Crippen molar-refractivity contribution in [3.05, 3.63) is 56.2 Å². The molecular weight excluding hydrogens is 370 g/mol. The predicted molar refractivity (Wildman–Crippen MR) is 81.7 cm³/mol. The minimum atomic E-state index is -0.649. The van der Waals surface area contributed by atoms with Crippen molar-refractivity contribution in [2.24, 2.45) is 5.73 Å². The van der Waals surface area contributed by atoms with Crippen molar-refractivity contribution in [1.29, 1.82) is 5.41 Å². The molecule has 0 heterocycles. The monoisotopic (exact) mass is 376 g/mol. The topological polar surface area (TPSA) is 59.1 Å². The van der Waals surface area contributed by atoms with Gasteiger partial charge in [0.1, 0.15) is 11.6 Å². The smallest absolute Gasteiger partial charge is 0.180 e. The molecule has 0 saturated heterocycles. The third-order valence-corrected chi connectivity index (χ3v) is 3.97. The Kier molecular flexibility index (Phi) is 4.52. The predicted octanol–water partition coefficient (Wildman–Crippen LogP) is 4.97. The second-order valence-corrected chi connectivity index (χ2v) is 5.44. The van der Waals surface area contributed by atoms with Crippen molar-refractivity contribution >= 4 is 45.0 Å². The van der Waals surface area contributed by atoms with E-state index < -0.39 is 5.82 Å². The molecule has 7 heteroatoms. The molecule has 20 heavy (non-hydrogen) atoms. The van der Waals surface area contributed by atoms with E-state index >= 15 is 0 Å². The maximum absolute atomic E-state index is 14.1. The largest absolute Gasteiger partial charge is 0.454 e. The molecule has 0 saturated carbocycles. The Balaban J connectivity index is 2.37. The highest BCUT2D eigenvalue weighted by Crippen LogP contribution is 2.33. The van der Waals surface area contributed by atoms with Gasteiger partial charge in [0.25, 0.3) is 0 Å². The molecule has 0 aliphatic heterocycles. The van der Waals surface area contributed by atoms with Gasteiger partial charge in [0.2, 0.25) is 0 Å². The molecule has 3 N–H and O–H groups in total. The fourth-order valence-corrected chi connectivity index (χ4v) is 2.32. The number of amidine groups is 1. The Labute approximate surface area is 133 Å². The van der Waals surface area contributed by atoms with Crippen LogP contribution in [0.1, 0.15) is 5.56 Å². The van der Waals surface area contributed by atoms with Crippen LogP contribution < -0.4 is 10.5 Å². The molecule has 0 bridgehead atoms. The van der Waals surface area contributed by atoms with Crippen LogP contribution in [0.2, 0.25) is 10.0 Å².